The van der Waals surface area contributed by atoms with Crippen molar-refractivity contribution in [3.63, 3.8) is 0 Å². The Morgan fingerprint density at radius 1 is 1.25 bits per heavy atom. The van der Waals surface area contributed by atoms with Gasteiger partial charge in [0.1, 0.15) is 11.6 Å². The molecule has 104 valence electrons. The summed E-state index contributed by atoms with van der Waals surface area (Å²) in [6.45, 7) is 0. The van der Waals surface area contributed by atoms with E-state index in [2.05, 4.69) is 0 Å². The first-order valence-electron chi connectivity index (χ1n) is 6.00. The maximum absolute atomic E-state index is 13.2. The van der Waals surface area contributed by atoms with Crippen molar-refractivity contribution in [1.82, 2.24) is 0 Å². The number of rotatable bonds is 4. The van der Waals surface area contributed by atoms with Gasteiger partial charge < -0.3 is 4.74 Å². The number of hydrogen-bond donors (Lipinski definition) is 0. The molecule has 0 aliphatic heterocycles. The van der Waals surface area contributed by atoms with Crippen LogP contribution in [0, 0.1) is 5.82 Å². The van der Waals surface area contributed by atoms with Gasteiger partial charge in [-0.2, -0.15) is 0 Å². The van der Waals surface area contributed by atoms with Gasteiger partial charge in [0, 0.05) is 22.5 Å². The van der Waals surface area contributed by atoms with Crippen LogP contribution in [-0.4, -0.2) is 13.0 Å². The van der Waals surface area contributed by atoms with Crippen molar-refractivity contribution in [2.75, 3.05) is 13.0 Å². The van der Waals surface area contributed by atoms with E-state index in [4.69, 9.17) is 27.9 Å². The zero-order chi connectivity index (χ0) is 14.5. The summed E-state index contributed by atoms with van der Waals surface area (Å²) in [5, 5.41) is 0.635. The van der Waals surface area contributed by atoms with Crippen LogP contribution in [0.25, 0.3) is 11.6 Å². The minimum atomic E-state index is -0.350. The summed E-state index contributed by atoms with van der Waals surface area (Å²) in [5.41, 5.74) is 2.43. The normalized spacial score (nSPS) is 11.5. The highest BCUT2D eigenvalue weighted by atomic mass is 35.5. The third-order valence-corrected chi connectivity index (χ3v) is 3.52. The average Bonchev–Trinajstić information content (AvgIpc) is 2.46. The van der Waals surface area contributed by atoms with Crippen molar-refractivity contribution >= 4 is 34.9 Å². The molecule has 2 aromatic rings. The molecule has 0 saturated heterocycles. The summed E-state index contributed by atoms with van der Waals surface area (Å²) in [5.74, 6) is 0.369. The quantitative estimate of drug-likeness (QED) is 0.552. The third kappa shape index (κ3) is 3.33. The predicted octanol–water partition coefficient (Wildman–Crippen LogP) is 5.27. The smallest absolute Gasteiger partial charge is 0.129 e. The van der Waals surface area contributed by atoms with Gasteiger partial charge >= 0.3 is 0 Å². The third-order valence-electron chi connectivity index (χ3n) is 2.89. The van der Waals surface area contributed by atoms with Gasteiger partial charge in [0.2, 0.25) is 0 Å². The van der Waals surface area contributed by atoms with Crippen LogP contribution < -0.4 is 4.74 Å². The van der Waals surface area contributed by atoms with Gasteiger partial charge in [-0.3, -0.25) is 0 Å². The van der Waals surface area contributed by atoms with Crippen LogP contribution in [0.2, 0.25) is 5.02 Å². The molecule has 0 aliphatic carbocycles. The Labute approximate surface area is 127 Å². The Kier molecular flexibility index (Phi) is 5.05. The van der Waals surface area contributed by atoms with E-state index in [0.717, 1.165) is 16.7 Å². The van der Waals surface area contributed by atoms with E-state index >= 15 is 0 Å². The fourth-order valence-electron chi connectivity index (χ4n) is 1.90. The number of allylic oxidation sites excluding steroid dienone is 1. The van der Waals surface area contributed by atoms with E-state index in [0.29, 0.717) is 10.8 Å². The van der Waals surface area contributed by atoms with Gasteiger partial charge in [-0.15, -0.1) is 11.6 Å². The van der Waals surface area contributed by atoms with E-state index < -0.39 is 0 Å². The number of alkyl halides is 1. The largest absolute Gasteiger partial charge is 0.496 e. The maximum Gasteiger partial charge on any atom is 0.129 e. The molecule has 0 spiro atoms. The summed E-state index contributed by atoms with van der Waals surface area (Å²) >= 11 is 12.1. The van der Waals surface area contributed by atoms with Crippen LogP contribution in [0.1, 0.15) is 11.1 Å². The molecule has 0 heterocycles. The highest BCUT2D eigenvalue weighted by molar-refractivity contribution is 6.32. The second kappa shape index (κ2) is 6.78. The first kappa shape index (κ1) is 14.9. The van der Waals surface area contributed by atoms with Crippen LogP contribution in [0.5, 0.6) is 5.75 Å². The van der Waals surface area contributed by atoms with Crippen molar-refractivity contribution in [1.29, 1.82) is 0 Å². The van der Waals surface area contributed by atoms with Crippen LogP contribution >= 0.6 is 23.2 Å². The Morgan fingerprint density at radius 3 is 2.65 bits per heavy atom. The molecule has 2 aromatic carbocycles. The number of ether oxygens (including phenoxy) is 1. The zero-order valence-electron chi connectivity index (χ0n) is 10.9. The fourth-order valence-corrected chi connectivity index (χ4v) is 2.31. The molecular weight excluding hydrogens is 298 g/mol. The van der Waals surface area contributed by atoms with Crippen molar-refractivity contribution in [3.8, 4) is 5.75 Å². The molecule has 0 radical (unpaired) electrons. The van der Waals surface area contributed by atoms with Crippen molar-refractivity contribution in [3.05, 3.63) is 64.4 Å². The molecule has 2 rings (SSSR count). The number of halogens is 3. The summed E-state index contributed by atoms with van der Waals surface area (Å²) < 4.78 is 18.4. The van der Waals surface area contributed by atoms with E-state index in [1.807, 2.05) is 24.3 Å². The predicted molar refractivity (Wildman–Crippen MR) is 83.0 cm³/mol. The fraction of sp³-hybridized carbons (Fsp3) is 0.125. The molecule has 20 heavy (non-hydrogen) atoms. The lowest BCUT2D eigenvalue weighted by molar-refractivity contribution is 0.410. The monoisotopic (exact) mass is 310 g/mol. The molecule has 1 nitrogen and oxygen atoms in total. The Balaban J connectivity index is 2.50. The van der Waals surface area contributed by atoms with Gasteiger partial charge in [0.15, 0.2) is 0 Å². The zero-order valence-corrected chi connectivity index (χ0v) is 12.4. The van der Waals surface area contributed by atoms with Gasteiger partial charge in [0.25, 0.3) is 0 Å². The van der Waals surface area contributed by atoms with Gasteiger partial charge in [-0.05, 0) is 35.4 Å². The van der Waals surface area contributed by atoms with E-state index in [9.17, 15) is 4.39 Å². The highest BCUT2D eigenvalue weighted by Gasteiger charge is 2.10. The van der Waals surface area contributed by atoms with Crippen LogP contribution in [-0.2, 0) is 0 Å². The first-order chi connectivity index (χ1) is 9.65. The number of hydrogen-bond acceptors (Lipinski definition) is 1. The molecule has 0 bridgehead atoms. The van der Waals surface area contributed by atoms with E-state index in [-0.39, 0.29) is 11.7 Å². The van der Waals surface area contributed by atoms with Crippen molar-refractivity contribution in [2.24, 2.45) is 0 Å². The molecule has 0 saturated carbocycles. The molecule has 4 heteroatoms. The molecule has 0 unspecified atom stereocenters. The summed E-state index contributed by atoms with van der Waals surface area (Å²) in [6.07, 6.45) is 1.88. The summed E-state index contributed by atoms with van der Waals surface area (Å²) in [6, 6.07) is 11.8. The molecule has 0 N–H and O–H groups in total. The van der Waals surface area contributed by atoms with Crippen molar-refractivity contribution in [2.45, 2.75) is 0 Å². The van der Waals surface area contributed by atoms with Crippen LogP contribution in [0.4, 0.5) is 4.39 Å². The van der Waals surface area contributed by atoms with E-state index in [1.165, 1.54) is 19.2 Å². The summed E-state index contributed by atoms with van der Waals surface area (Å²) in [7, 11) is 1.50. The maximum atomic E-state index is 13.2. The number of benzene rings is 2. The van der Waals surface area contributed by atoms with Gasteiger partial charge in [0.05, 0.1) is 7.11 Å². The minimum absolute atomic E-state index is 0.271. The topological polar surface area (TPSA) is 9.23 Å². The lowest BCUT2D eigenvalue weighted by Crippen LogP contribution is -1.94. The lowest BCUT2D eigenvalue weighted by atomic mass is 10.0. The molecule has 0 amide bonds. The number of methoxy groups -OCH3 is 1. The molecule has 0 aromatic heterocycles. The average molecular weight is 311 g/mol. The minimum Gasteiger partial charge on any atom is -0.496 e. The molecule has 0 atom stereocenters. The van der Waals surface area contributed by atoms with E-state index in [1.54, 1.807) is 12.1 Å². The summed E-state index contributed by atoms with van der Waals surface area (Å²) in [4.78, 5) is 0. The van der Waals surface area contributed by atoms with Gasteiger partial charge in [-0.25, -0.2) is 4.39 Å². The second-order valence-electron chi connectivity index (χ2n) is 4.17. The van der Waals surface area contributed by atoms with Gasteiger partial charge in [-0.1, -0.05) is 29.8 Å². The Hall–Kier alpha value is -1.51. The standard InChI is InChI=1S/C16H13Cl2FO/c1-20-16-9-13(19)6-7-14(16)12(10-17)8-11-4-2-3-5-15(11)18/h2-9H,10H2,1H3. The highest BCUT2D eigenvalue weighted by Crippen LogP contribution is 2.30. The molecule has 0 fully saturated rings. The van der Waals surface area contributed by atoms with Crippen LogP contribution in [0.15, 0.2) is 42.5 Å². The first-order valence-corrected chi connectivity index (χ1v) is 6.92. The SMILES string of the molecule is COc1cc(F)ccc1C(=Cc1ccccc1Cl)CCl. The lowest BCUT2D eigenvalue weighted by Gasteiger charge is -2.11. The molecule has 0 aliphatic rings. The molecular formula is C16H13Cl2FO. The van der Waals surface area contributed by atoms with Crippen LogP contribution in [0.3, 0.4) is 0 Å². The second-order valence-corrected chi connectivity index (χ2v) is 4.84. The Bertz CT molecular complexity index is 638. The Morgan fingerprint density at radius 2 is 2.00 bits per heavy atom. The van der Waals surface area contributed by atoms with Crippen molar-refractivity contribution < 1.29 is 9.13 Å².